The molecule has 0 unspecified atom stereocenters. The van der Waals surface area contributed by atoms with Crippen LogP contribution < -0.4 is 0 Å². The zero-order valence-corrected chi connectivity index (χ0v) is 21.8. The van der Waals surface area contributed by atoms with Crippen LogP contribution in [0.3, 0.4) is 0 Å². The third-order valence-electron chi connectivity index (χ3n) is 6.56. The van der Waals surface area contributed by atoms with Gasteiger partial charge < -0.3 is 23.7 Å². The molecule has 1 aliphatic heterocycles. The summed E-state index contributed by atoms with van der Waals surface area (Å²) in [6, 6.07) is 30.1. The molecule has 3 atom stereocenters. The van der Waals surface area contributed by atoms with Gasteiger partial charge in [-0.05, 0) is 23.6 Å². The first-order valence-corrected chi connectivity index (χ1v) is 12.9. The molecule has 7 nitrogen and oxygen atoms in total. The van der Waals surface area contributed by atoms with Gasteiger partial charge in [0, 0.05) is 13.5 Å². The SMILES string of the molecule is CCOC(=O)CCC(=O)O[C@H]1C[C@H](OC)O[C@@H]1COC(c1ccccc1)(c1ccccc1)c1ccccc1. The molecule has 0 bridgehead atoms. The van der Waals surface area contributed by atoms with E-state index in [9.17, 15) is 9.59 Å². The number of esters is 2. The van der Waals surface area contributed by atoms with Crippen LogP contribution in [0.25, 0.3) is 0 Å². The van der Waals surface area contributed by atoms with Gasteiger partial charge in [-0.25, -0.2) is 0 Å². The summed E-state index contributed by atoms with van der Waals surface area (Å²) < 4.78 is 29.0. The van der Waals surface area contributed by atoms with Crippen molar-refractivity contribution in [1.82, 2.24) is 0 Å². The van der Waals surface area contributed by atoms with E-state index in [0.29, 0.717) is 6.42 Å². The molecule has 3 aromatic carbocycles. The van der Waals surface area contributed by atoms with E-state index in [4.69, 9.17) is 23.7 Å². The zero-order chi connectivity index (χ0) is 26.8. The molecule has 1 heterocycles. The smallest absolute Gasteiger partial charge is 0.306 e. The number of methoxy groups -OCH3 is 1. The number of carbonyl (C=O) groups is 2. The molecule has 1 saturated heterocycles. The third kappa shape index (κ3) is 6.48. The van der Waals surface area contributed by atoms with Gasteiger partial charge in [0.25, 0.3) is 0 Å². The predicted molar refractivity (Wildman–Crippen MR) is 141 cm³/mol. The van der Waals surface area contributed by atoms with Gasteiger partial charge in [0.15, 0.2) is 6.29 Å². The molecule has 38 heavy (non-hydrogen) atoms. The topological polar surface area (TPSA) is 80.3 Å². The largest absolute Gasteiger partial charge is 0.466 e. The van der Waals surface area contributed by atoms with Gasteiger partial charge in [0.05, 0.1) is 26.1 Å². The third-order valence-corrected chi connectivity index (χ3v) is 6.56. The van der Waals surface area contributed by atoms with E-state index in [1.54, 1.807) is 14.0 Å². The molecular formula is C31H34O7. The Morgan fingerprint density at radius 1 is 0.816 bits per heavy atom. The van der Waals surface area contributed by atoms with Gasteiger partial charge >= 0.3 is 11.9 Å². The monoisotopic (exact) mass is 518 g/mol. The van der Waals surface area contributed by atoms with Crippen molar-refractivity contribution in [2.75, 3.05) is 20.3 Å². The van der Waals surface area contributed by atoms with E-state index in [1.165, 1.54) is 0 Å². The molecular weight excluding hydrogens is 484 g/mol. The summed E-state index contributed by atoms with van der Waals surface area (Å²) in [5, 5.41) is 0. The molecule has 1 fully saturated rings. The van der Waals surface area contributed by atoms with Crippen LogP contribution in [0.2, 0.25) is 0 Å². The molecule has 3 aromatic rings. The summed E-state index contributed by atoms with van der Waals surface area (Å²) in [4.78, 5) is 24.2. The predicted octanol–water partition coefficient (Wildman–Crippen LogP) is 5.01. The molecule has 1 aliphatic rings. The normalized spacial score (nSPS) is 19.2. The Morgan fingerprint density at radius 3 is 1.79 bits per heavy atom. The van der Waals surface area contributed by atoms with Crippen LogP contribution in [0.4, 0.5) is 0 Å². The summed E-state index contributed by atoms with van der Waals surface area (Å²) in [5.41, 5.74) is 1.95. The summed E-state index contributed by atoms with van der Waals surface area (Å²) in [6.45, 7) is 2.13. The number of hydrogen-bond acceptors (Lipinski definition) is 7. The zero-order valence-electron chi connectivity index (χ0n) is 21.8. The Labute approximate surface area is 223 Å². The average molecular weight is 519 g/mol. The number of ether oxygens (including phenoxy) is 5. The highest BCUT2D eigenvalue weighted by Gasteiger charge is 2.43. The van der Waals surface area contributed by atoms with Gasteiger partial charge in [-0.1, -0.05) is 91.0 Å². The summed E-state index contributed by atoms with van der Waals surface area (Å²) >= 11 is 0. The van der Waals surface area contributed by atoms with Crippen molar-refractivity contribution in [3.8, 4) is 0 Å². The second-order valence-electron chi connectivity index (χ2n) is 9.00. The Bertz CT molecular complexity index is 1050. The number of benzene rings is 3. The van der Waals surface area contributed by atoms with Crippen molar-refractivity contribution in [3.63, 3.8) is 0 Å². The molecule has 0 aromatic heterocycles. The highest BCUT2D eigenvalue weighted by molar-refractivity contribution is 5.77. The van der Waals surface area contributed by atoms with Gasteiger partial charge in [-0.15, -0.1) is 0 Å². The van der Waals surface area contributed by atoms with E-state index in [1.807, 2.05) is 91.0 Å². The molecule has 0 amide bonds. The Morgan fingerprint density at radius 2 is 1.32 bits per heavy atom. The standard InChI is InChI=1S/C31H34O7/c1-3-35-28(32)19-20-29(33)37-26-21-30(34-2)38-27(26)22-36-31(23-13-7-4-8-14-23,24-15-9-5-10-16-24)25-17-11-6-12-18-25/h4-18,26-27,30H,3,19-22H2,1-2H3/t26-,27+,30+/m0/s1. The summed E-state index contributed by atoms with van der Waals surface area (Å²) in [5.74, 6) is -0.922. The lowest BCUT2D eigenvalue weighted by Crippen LogP contribution is -2.39. The van der Waals surface area contributed by atoms with E-state index in [2.05, 4.69) is 0 Å². The molecule has 7 heteroatoms. The highest BCUT2D eigenvalue weighted by atomic mass is 16.7. The summed E-state index contributed by atoms with van der Waals surface area (Å²) in [7, 11) is 1.55. The fourth-order valence-electron chi connectivity index (χ4n) is 4.74. The van der Waals surface area contributed by atoms with Gasteiger partial charge in [-0.3, -0.25) is 9.59 Å². The van der Waals surface area contributed by atoms with E-state index >= 15 is 0 Å². The van der Waals surface area contributed by atoms with Crippen LogP contribution in [0, 0.1) is 0 Å². The minimum Gasteiger partial charge on any atom is -0.466 e. The van der Waals surface area contributed by atoms with Crippen molar-refractivity contribution < 1.29 is 33.3 Å². The fourth-order valence-corrected chi connectivity index (χ4v) is 4.74. The van der Waals surface area contributed by atoms with Crippen molar-refractivity contribution in [1.29, 1.82) is 0 Å². The van der Waals surface area contributed by atoms with Crippen LogP contribution in [-0.4, -0.2) is 50.8 Å². The molecule has 0 radical (unpaired) electrons. The Kier molecular flexibility index (Phi) is 9.65. The van der Waals surface area contributed by atoms with E-state index < -0.39 is 36.0 Å². The van der Waals surface area contributed by atoms with Crippen LogP contribution in [-0.2, 0) is 38.9 Å². The molecule has 4 rings (SSSR count). The molecule has 0 N–H and O–H groups in total. The molecule has 200 valence electrons. The van der Waals surface area contributed by atoms with Crippen LogP contribution >= 0.6 is 0 Å². The van der Waals surface area contributed by atoms with Crippen molar-refractivity contribution in [2.24, 2.45) is 0 Å². The van der Waals surface area contributed by atoms with E-state index in [-0.39, 0.29) is 26.1 Å². The first-order chi connectivity index (χ1) is 18.6. The second-order valence-corrected chi connectivity index (χ2v) is 9.00. The minimum atomic E-state index is -0.934. The van der Waals surface area contributed by atoms with E-state index in [0.717, 1.165) is 16.7 Å². The van der Waals surface area contributed by atoms with Crippen molar-refractivity contribution in [3.05, 3.63) is 108 Å². The molecule has 0 aliphatic carbocycles. The molecule has 0 saturated carbocycles. The Balaban J connectivity index is 1.60. The summed E-state index contributed by atoms with van der Waals surface area (Å²) in [6.07, 6.45) is -1.43. The number of carbonyl (C=O) groups excluding carboxylic acids is 2. The highest BCUT2D eigenvalue weighted by Crippen LogP contribution is 2.41. The van der Waals surface area contributed by atoms with Crippen LogP contribution in [0.1, 0.15) is 42.9 Å². The lowest BCUT2D eigenvalue weighted by atomic mass is 9.80. The minimum absolute atomic E-state index is 0.0335. The number of hydrogen-bond donors (Lipinski definition) is 0. The van der Waals surface area contributed by atoms with Crippen LogP contribution in [0.15, 0.2) is 91.0 Å². The fraction of sp³-hybridized carbons (Fsp3) is 0.355. The van der Waals surface area contributed by atoms with Gasteiger partial charge in [0.1, 0.15) is 17.8 Å². The van der Waals surface area contributed by atoms with Crippen LogP contribution in [0.5, 0.6) is 0 Å². The quantitative estimate of drug-likeness (QED) is 0.246. The first-order valence-electron chi connectivity index (χ1n) is 12.9. The molecule has 0 spiro atoms. The lowest BCUT2D eigenvalue weighted by Gasteiger charge is -2.37. The average Bonchev–Trinajstić information content (AvgIpc) is 3.35. The first kappa shape index (κ1) is 27.5. The maximum Gasteiger partial charge on any atom is 0.306 e. The lowest BCUT2D eigenvalue weighted by molar-refractivity contribution is -0.163. The Hall–Kier alpha value is -3.52. The van der Waals surface area contributed by atoms with Gasteiger partial charge in [0.2, 0.25) is 0 Å². The maximum atomic E-state index is 12.5. The number of rotatable bonds is 12. The van der Waals surface area contributed by atoms with Crippen molar-refractivity contribution >= 4 is 11.9 Å². The van der Waals surface area contributed by atoms with Crippen molar-refractivity contribution in [2.45, 2.75) is 50.3 Å². The van der Waals surface area contributed by atoms with Gasteiger partial charge in [-0.2, -0.15) is 0 Å². The second kappa shape index (κ2) is 13.3. The maximum absolute atomic E-state index is 12.5.